The number of hydrogen-bond donors (Lipinski definition) is 1. The summed E-state index contributed by atoms with van der Waals surface area (Å²) in [6.45, 7) is 6.25. The first kappa shape index (κ1) is 19.3. The third-order valence-corrected chi connectivity index (χ3v) is 3.97. The maximum atomic E-state index is 11.7. The summed E-state index contributed by atoms with van der Waals surface area (Å²) < 4.78 is 15.9. The summed E-state index contributed by atoms with van der Waals surface area (Å²) in [6, 6.07) is 8.08. The van der Waals surface area contributed by atoms with Crippen LogP contribution in [0.25, 0.3) is 11.1 Å². The van der Waals surface area contributed by atoms with Gasteiger partial charge in [0, 0.05) is 19.2 Å². The van der Waals surface area contributed by atoms with Crippen LogP contribution >= 0.6 is 11.3 Å². The highest BCUT2D eigenvalue weighted by Gasteiger charge is 2.15. The Morgan fingerprint density at radius 3 is 2.68 bits per heavy atom. The molecule has 1 aromatic carbocycles. The van der Waals surface area contributed by atoms with Gasteiger partial charge in [-0.2, -0.15) is 11.3 Å². The van der Waals surface area contributed by atoms with Crippen molar-refractivity contribution in [2.75, 3.05) is 20.4 Å². The monoisotopic (exact) mass is 363 g/mol. The maximum Gasteiger partial charge on any atom is 0.407 e. The molecule has 6 heteroatoms. The highest BCUT2D eigenvalue weighted by atomic mass is 32.1. The van der Waals surface area contributed by atoms with Crippen LogP contribution in [-0.4, -0.2) is 32.1 Å². The van der Waals surface area contributed by atoms with Gasteiger partial charge in [0.1, 0.15) is 11.4 Å². The molecule has 1 aromatic heterocycles. The summed E-state index contributed by atoms with van der Waals surface area (Å²) in [6.07, 6.45) is 0.312. The van der Waals surface area contributed by atoms with Crippen LogP contribution in [0.5, 0.6) is 5.75 Å². The number of nitrogens with one attached hydrogen (secondary N) is 1. The molecule has 2 rings (SSSR count). The first-order valence-electron chi connectivity index (χ1n) is 8.13. The normalized spacial score (nSPS) is 11.2. The first-order chi connectivity index (χ1) is 11.9. The number of thiophene rings is 1. The molecule has 0 saturated heterocycles. The Morgan fingerprint density at radius 2 is 2.04 bits per heavy atom. The van der Waals surface area contributed by atoms with Crippen molar-refractivity contribution in [1.29, 1.82) is 0 Å². The van der Waals surface area contributed by atoms with Gasteiger partial charge in [0.05, 0.1) is 0 Å². The lowest BCUT2D eigenvalue weighted by Crippen LogP contribution is -2.33. The Bertz CT molecular complexity index is 677. The number of benzene rings is 1. The molecule has 0 unspecified atom stereocenters. The van der Waals surface area contributed by atoms with Crippen molar-refractivity contribution in [3.05, 3.63) is 40.6 Å². The van der Waals surface area contributed by atoms with Gasteiger partial charge < -0.3 is 19.5 Å². The average Bonchev–Trinajstić information content (AvgIpc) is 3.06. The first-order valence-corrected chi connectivity index (χ1v) is 9.07. The van der Waals surface area contributed by atoms with E-state index >= 15 is 0 Å². The van der Waals surface area contributed by atoms with Crippen LogP contribution in [0, 0.1) is 0 Å². The minimum absolute atomic E-state index is 0.205. The molecular formula is C19H25NO4S. The highest BCUT2D eigenvalue weighted by molar-refractivity contribution is 7.08. The fourth-order valence-corrected chi connectivity index (χ4v) is 2.90. The van der Waals surface area contributed by atoms with Crippen molar-refractivity contribution in [3.8, 4) is 16.9 Å². The van der Waals surface area contributed by atoms with Crippen molar-refractivity contribution in [1.82, 2.24) is 5.32 Å². The van der Waals surface area contributed by atoms with E-state index in [1.54, 1.807) is 18.4 Å². The third kappa shape index (κ3) is 6.40. The van der Waals surface area contributed by atoms with Crippen molar-refractivity contribution >= 4 is 17.4 Å². The Balaban J connectivity index is 2.02. The van der Waals surface area contributed by atoms with E-state index in [2.05, 4.69) is 22.8 Å². The lowest BCUT2D eigenvalue weighted by molar-refractivity contribution is 0.0513. The fourth-order valence-electron chi connectivity index (χ4n) is 2.25. The zero-order valence-corrected chi connectivity index (χ0v) is 15.9. The highest BCUT2D eigenvalue weighted by Crippen LogP contribution is 2.32. The van der Waals surface area contributed by atoms with Crippen LogP contribution in [0.2, 0.25) is 0 Å². The number of carbonyl (C=O) groups excluding carboxylic acids is 1. The topological polar surface area (TPSA) is 56.8 Å². The van der Waals surface area contributed by atoms with Crippen LogP contribution in [0.4, 0.5) is 4.79 Å². The van der Waals surface area contributed by atoms with E-state index in [1.807, 2.05) is 38.3 Å². The van der Waals surface area contributed by atoms with Gasteiger partial charge in [-0.25, -0.2) is 4.79 Å². The molecule has 0 aliphatic carbocycles. The molecule has 0 aliphatic rings. The Hall–Kier alpha value is -2.05. The van der Waals surface area contributed by atoms with E-state index in [0.29, 0.717) is 13.0 Å². The van der Waals surface area contributed by atoms with E-state index in [9.17, 15) is 4.79 Å². The minimum atomic E-state index is -0.490. The summed E-state index contributed by atoms with van der Waals surface area (Å²) in [7, 11) is 1.60. The fraction of sp³-hybridized carbons (Fsp3) is 0.421. The van der Waals surface area contributed by atoms with E-state index in [1.165, 1.54) is 0 Å². The Labute approximate surface area is 152 Å². The molecule has 1 amide bonds. The van der Waals surface area contributed by atoms with Crippen LogP contribution < -0.4 is 10.1 Å². The number of rotatable bonds is 7. The zero-order valence-electron chi connectivity index (χ0n) is 15.1. The molecule has 0 fully saturated rings. The second-order valence-electron chi connectivity index (χ2n) is 6.57. The van der Waals surface area contributed by atoms with Crippen LogP contribution in [0.1, 0.15) is 26.3 Å². The van der Waals surface area contributed by atoms with E-state index in [0.717, 1.165) is 22.4 Å². The summed E-state index contributed by atoms with van der Waals surface area (Å²) in [4.78, 5) is 11.7. The number of carbonyl (C=O) groups is 1. The minimum Gasteiger partial charge on any atom is -0.467 e. The second-order valence-corrected chi connectivity index (χ2v) is 7.35. The van der Waals surface area contributed by atoms with Crippen molar-refractivity contribution in [2.24, 2.45) is 0 Å². The zero-order chi connectivity index (χ0) is 18.3. The smallest absolute Gasteiger partial charge is 0.407 e. The third-order valence-electron chi connectivity index (χ3n) is 3.29. The molecular weight excluding hydrogens is 338 g/mol. The van der Waals surface area contributed by atoms with Gasteiger partial charge in [-0.3, -0.25) is 0 Å². The Morgan fingerprint density at radius 1 is 1.24 bits per heavy atom. The lowest BCUT2D eigenvalue weighted by atomic mass is 10.0. The largest absolute Gasteiger partial charge is 0.467 e. The molecule has 136 valence electrons. The molecule has 0 aliphatic heterocycles. The van der Waals surface area contributed by atoms with Gasteiger partial charge in [0.15, 0.2) is 6.79 Å². The molecule has 1 heterocycles. The van der Waals surface area contributed by atoms with Crippen molar-refractivity contribution in [2.45, 2.75) is 32.8 Å². The standard InChI is InChI=1S/C19H25NO4S/c1-19(2,3)24-18(21)20-9-7-14-5-6-17(23-13-22-4)16(11-14)15-8-10-25-12-15/h5-6,8,10-12H,7,9,13H2,1-4H3,(H,20,21). The molecule has 0 atom stereocenters. The summed E-state index contributed by atoms with van der Waals surface area (Å²) in [5.74, 6) is 0.782. The summed E-state index contributed by atoms with van der Waals surface area (Å²) in [5, 5.41) is 6.90. The Kier molecular flexibility index (Phi) is 6.84. The molecule has 2 aromatic rings. The van der Waals surface area contributed by atoms with Crippen molar-refractivity contribution < 1.29 is 19.0 Å². The van der Waals surface area contributed by atoms with Crippen LogP contribution in [0.15, 0.2) is 35.0 Å². The quantitative estimate of drug-likeness (QED) is 0.738. The van der Waals surface area contributed by atoms with Crippen LogP contribution in [-0.2, 0) is 15.9 Å². The average molecular weight is 363 g/mol. The van der Waals surface area contributed by atoms with Gasteiger partial charge >= 0.3 is 6.09 Å². The predicted octanol–water partition coefficient (Wildman–Crippen LogP) is 4.47. The molecule has 0 bridgehead atoms. The molecule has 0 saturated carbocycles. The van der Waals surface area contributed by atoms with E-state index in [-0.39, 0.29) is 6.79 Å². The summed E-state index contributed by atoms with van der Waals surface area (Å²) >= 11 is 1.64. The maximum absolute atomic E-state index is 11.7. The SMILES string of the molecule is COCOc1ccc(CCNC(=O)OC(C)(C)C)cc1-c1ccsc1. The number of amides is 1. The molecule has 1 N–H and O–H groups in total. The van der Waals surface area contributed by atoms with Gasteiger partial charge in [-0.15, -0.1) is 0 Å². The number of hydrogen-bond acceptors (Lipinski definition) is 5. The second kappa shape index (κ2) is 8.87. The molecule has 0 radical (unpaired) electrons. The molecule has 0 spiro atoms. The predicted molar refractivity (Wildman–Crippen MR) is 100 cm³/mol. The van der Waals surface area contributed by atoms with Gasteiger partial charge in [0.2, 0.25) is 0 Å². The number of methoxy groups -OCH3 is 1. The molecule has 5 nitrogen and oxygen atoms in total. The van der Waals surface area contributed by atoms with Crippen molar-refractivity contribution in [3.63, 3.8) is 0 Å². The van der Waals surface area contributed by atoms with Gasteiger partial charge in [-0.1, -0.05) is 6.07 Å². The lowest BCUT2D eigenvalue weighted by Gasteiger charge is -2.19. The molecule has 25 heavy (non-hydrogen) atoms. The van der Waals surface area contributed by atoms with E-state index in [4.69, 9.17) is 14.2 Å². The summed E-state index contributed by atoms with van der Waals surface area (Å²) in [5.41, 5.74) is 2.75. The van der Waals surface area contributed by atoms with Gasteiger partial charge in [0.25, 0.3) is 0 Å². The van der Waals surface area contributed by atoms with Gasteiger partial charge in [-0.05, 0) is 67.3 Å². The van der Waals surface area contributed by atoms with E-state index < -0.39 is 11.7 Å². The number of alkyl carbamates (subject to hydrolysis) is 1. The number of ether oxygens (including phenoxy) is 3. The van der Waals surface area contributed by atoms with Crippen LogP contribution in [0.3, 0.4) is 0 Å².